The van der Waals surface area contributed by atoms with Crippen molar-refractivity contribution in [2.24, 2.45) is 10.7 Å². The molecule has 2 aromatic carbocycles. The largest absolute Gasteiger partial charge is 0.388 e. The van der Waals surface area contributed by atoms with E-state index in [2.05, 4.69) is 22.1 Å². The highest BCUT2D eigenvalue weighted by Crippen LogP contribution is 2.32. The maximum Gasteiger partial charge on any atom is 0.278 e. The summed E-state index contributed by atoms with van der Waals surface area (Å²) in [5.41, 5.74) is 10.6. The van der Waals surface area contributed by atoms with Gasteiger partial charge in [0.15, 0.2) is 0 Å². The number of nitrogens with two attached hydrogens (primary N) is 1. The molecule has 0 bridgehead atoms. The molecule has 0 aliphatic carbocycles. The SMILES string of the molecule is CNc1ccccc1C(N)=NC(=O)c1ccc2c(c1)CN(C1CCN(C)C(=O)C1)CC2C.[HH]. The minimum atomic E-state index is -0.351. The van der Waals surface area contributed by atoms with Crippen molar-refractivity contribution >= 4 is 23.3 Å². The van der Waals surface area contributed by atoms with E-state index < -0.39 is 0 Å². The molecule has 1 fully saturated rings. The highest BCUT2D eigenvalue weighted by Gasteiger charge is 2.32. The average Bonchev–Trinajstić information content (AvgIpc) is 2.80. The Morgan fingerprint density at radius 3 is 2.78 bits per heavy atom. The summed E-state index contributed by atoms with van der Waals surface area (Å²) >= 11 is 0. The number of anilines is 1. The normalized spacial score (nSPS) is 21.9. The van der Waals surface area contributed by atoms with Crippen LogP contribution in [-0.4, -0.2) is 60.7 Å². The van der Waals surface area contributed by atoms with Crippen molar-refractivity contribution in [2.45, 2.75) is 38.3 Å². The van der Waals surface area contributed by atoms with Gasteiger partial charge in [0.1, 0.15) is 5.84 Å². The van der Waals surface area contributed by atoms with Crippen LogP contribution in [0.4, 0.5) is 5.69 Å². The number of nitrogens with one attached hydrogen (secondary N) is 1. The number of para-hydroxylation sites is 1. The van der Waals surface area contributed by atoms with E-state index in [1.807, 2.05) is 61.5 Å². The van der Waals surface area contributed by atoms with Gasteiger partial charge >= 0.3 is 0 Å². The topological polar surface area (TPSA) is 91.0 Å². The lowest BCUT2D eigenvalue weighted by Gasteiger charge is -2.41. The monoisotopic (exact) mass is 435 g/mol. The van der Waals surface area contributed by atoms with E-state index in [-0.39, 0.29) is 25.1 Å². The number of likely N-dealkylation sites (tertiary alicyclic amines) is 1. The van der Waals surface area contributed by atoms with Crippen LogP contribution in [0.25, 0.3) is 0 Å². The number of hydrogen-bond donors (Lipinski definition) is 2. The molecule has 7 heteroatoms. The van der Waals surface area contributed by atoms with Crippen LogP contribution in [0.5, 0.6) is 0 Å². The Bertz CT molecular complexity index is 1070. The number of amidine groups is 1. The number of carbonyl (C=O) groups excluding carboxylic acids is 2. The van der Waals surface area contributed by atoms with Gasteiger partial charge in [0.25, 0.3) is 5.91 Å². The molecule has 0 spiro atoms. The predicted molar refractivity (Wildman–Crippen MR) is 129 cm³/mol. The van der Waals surface area contributed by atoms with Gasteiger partial charge in [-0.15, -0.1) is 0 Å². The van der Waals surface area contributed by atoms with Crippen LogP contribution in [0.2, 0.25) is 0 Å². The quantitative estimate of drug-likeness (QED) is 0.569. The summed E-state index contributed by atoms with van der Waals surface area (Å²) in [4.78, 5) is 33.5. The molecule has 170 valence electrons. The molecule has 2 aliphatic rings. The summed E-state index contributed by atoms with van der Waals surface area (Å²) < 4.78 is 0. The fourth-order valence-corrected chi connectivity index (χ4v) is 4.77. The molecule has 0 aromatic heterocycles. The Labute approximate surface area is 190 Å². The number of piperidine rings is 1. The van der Waals surface area contributed by atoms with Crippen LogP contribution in [0.3, 0.4) is 0 Å². The van der Waals surface area contributed by atoms with Gasteiger partial charge in [0.05, 0.1) is 0 Å². The Kier molecular flexibility index (Phi) is 6.28. The fraction of sp³-hybridized carbons (Fsp3) is 0.400. The van der Waals surface area contributed by atoms with E-state index in [0.717, 1.165) is 37.3 Å². The zero-order valence-corrected chi connectivity index (χ0v) is 19.0. The van der Waals surface area contributed by atoms with Crippen molar-refractivity contribution in [1.82, 2.24) is 9.80 Å². The number of aliphatic imine (C=N–C) groups is 1. The molecule has 2 atom stereocenters. The van der Waals surface area contributed by atoms with Crippen molar-refractivity contribution < 1.29 is 11.0 Å². The van der Waals surface area contributed by atoms with Crippen molar-refractivity contribution in [3.05, 3.63) is 64.7 Å². The number of fused-ring (bicyclic) bond motifs is 1. The van der Waals surface area contributed by atoms with Crippen molar-refractivity contribution in [3.63, 3.8) is 0 Å². The summed E-state index contributed by atoms with van der Waals surface area (Å²) in [5.74, 6) is 0.386. The molecular weight excluding hydrogens is 402 g/mol. The maximum atomic E-state index is 12.9. The van der Waals surface area contributed by atoms with E-state index >= 15 is 0 Å². The van der Waals surface area contributed by atoms with E-state index in [1.54, 1.807) is 0 Å². The Morgan fingerprint density at radius 2 is 2.03 bits per heavy atom. The molecule has 2 aromatic rings. The first-order valence-electron chi connectivity index (χ1n) is 11.1. The van der Waals surface area contributed by atoms with Crippen LogP contribution in [0.15, 0.2) is 47.5 Å². The van der Waals surface area contributed by atoms with Gasteiger partial charge in [-0.1, -0.05) is 25.1 Å². The minimum absolute atomic E-state index is 0. The molecule has 2 aliphatic heterocycles. The molecule has 2 unspecified atom stereocenters. The molecule has 1 saturated heterocycles. The Hall–Kier alpha value is -3.19. The third-order valence-corrected chi connectivity index (χ3v) is 6.65. The zero-order chi connectivity index (χ0) is 22.8. The minimum Gasteiger partial charge on any atom is -0.388 e. The third-order valence-electron chi connectivity index (χ3n) is 6.65. The van der Waals surface area contributed by atoms with Crippen LogP contribution in [-0.2, 0) is 11.3 Å². The number of nitrogens with zero attached hydrogens (tertiary/aromatic N) is 3. The van der Waals surface area contributed by atoms with E-state index in [1.165, 1.54) is 5.56 Å². The van der Waals surface area contributed by atoms with Crippen LogP contribution in [0, 0.1) is 0 Å². The van der Waals surface area contributed by atoms with Gasteiger partial charge in [0.2, 0.25) is 5.91 Å². The van der Waals surface area contributed by atoms with Crippen LogP contribution >= 0.6 is 0 Å². The second-order valence-electron chi connectivity index (χ2n) is 8.80. The first kappa shape index (κ1) is 22.0. The first-order valence-corrected chi connectivity index (χ1v) is 11.1. The maximum absolute atomic E-state index is 12.9. The molecular formula is C25H33N5O2. The van der Waals surface area contributed by atoms with Gasteiger partial charge in [-0.3, -0.25) is 14.5 Å². The molecule has 4 rings (SSSR count). The fourth-order valence-electron chi connectivity index (χ4n) is 4.77. The van der Waals surface area contributed by atoms with E-state index in [4.69, 9.17) is 5.73 Å². The molecule has 3 N–H and O–H groups in total. The number of rotatable bonds is 4. The third kappa shape index (κ3) is 4.39. The van der Waals surface area contributed by atoms with Crippen molar-refractivity contribution in [3.8, 4) is 0 Å². The number of amides is 2. The van der Waals surface area contributed by atoms with Crippen molar-refractivity contribution in [1.29, 1.82) is 0 Å². The summed E-state index contributed by atoms with van der Waals surface area (Å²) in [7, 11) is 3.67. The van der Waals surface area contributed by atoms with Gasteiger partial charge in [0, 0.05) is 64.4 Å². The summed E-state index contributed by atoms with van der Waals surface area (Å²) in [6, 6.07) is 13.6. The zero-order valence-electron chi connectivity index (χ0n) is 19.0. The second-order valence-corrected chi connectivity index (χ2v) is 8.80. The van der Waals surface area contributed by atoms with Gasteiger partial charge in [-0.25, -0.2) is 0 Å². The standard InChI is InChI=1S/C25H31N5O2.H2/c1-16-14-30(19-10-11-29(3)23(31)13-19)15-18-12-17(8-9-20(16)18)25(32)28-24(26)21-6-4-5-7-22(21)27-2;/h4-9,12,16,19,27H,10-11,13-15H2,1-3H3,(H2,26,28,32);1H. The number of carbonyl (C=O) groups is 2. The average molecular weight is 436 g/mol. The molecule has 32 heavy (non-hydrogen) atoms. The lowest BCUT2D eigenvalue weighted by Crippen LogP contribution is -2.48. The summed E-state index contributed by atoms with van der Waals surface area (Å²) in [6.45, 7) is 4.66. The Balaban J connectivity index is 0.00000306. The molecule has 2 amide bonds. The van der Waals surface area contributed by atoms with E-state index in [0.29, 0.717) is 23.5 Å². The van der Waals surface area contributed by atoms with E-state index in [9.17, 15) is 9.59 Å². The van der Waals surface area contributed by atoms with Crippen molar-refractivity contribution in [2.75, 3.05) is 32.5 Å². The van der Waals surface area contributed by atoms with Crippen LogP contribution in [0.1, 0.15) is 54.2 Å². The van der Waals surface area contributed by atoms with Crippen LogP contribution < -0.4 is 11.1 Å². The summed E-state index contributed by atoms with van der Waals surface area (Å²) in [5, 5.41) is 3.07. The Morgan fingerprint density at radius 1 is 1.25 bits per heavy atom. The van der Waals surface area contributed by atoms with Gasteiger partial charge < -0.3 is 16.0 Å². The first-order chi connectivity index (χ1) is 15.4. The lowest BCUT2D eigenvalue weighted by atomic mass is 9.87. The molecule has 0 radical (unpaired) electrons. The highest BCUT2D eigenvalue weighted by molar-refractivity contribution is 6.11. The number of benzene rings is 2. The lowest BCUT2D eigenvalue weighted by molar-refractivity contribution is -0.134. The second kappa shape index (κ2) is 9.12. The predicted octanol–water partition coefficient (Wildman–Crippen LogP) is 3.06. The van der Waals surface area contributed by atoms with Gasteiger partial charge in [-0.05, 0) is 47.7 Å². The molecule has 0 saturated carbocycles. The summed E-state index contributed by atoms with van der Waals surface area (Å²) in [6.07, 6.45) is 1.54. The molecule has 7 nitrogen and oxygen atoms in total. The molecule has 2 heterocycles. The van der Waals surface area contributed by atoms with Gasteiger partial charge in [-0.2, -0.15) is 4.99 Å². The number of hydrogen-bond acceptors (Lipinski definition) is 4. The highest BCUT2D eigenvalue weighted by atomic mass is 16.2. The smallest absolute Gasteiger partial charge is 0.278 e.